The molecule has 1 atom stereocenters. The maximum absolute atomic E-state index is 12.0. The standard InChI is InChI=1S/C16H20N2O4/c1-4-5-6-13(16(21)22)17-14(19)11-7-9-12(10-8-11)15(20)18(2)3/h4-5,7-10,13H,6H2,1-3H3,(H,17,19)(H,21,22)/b5-4+. The van der Waals surface area contributed by atoms with Gasteiger partial charge in [0.05, 0.1) is 0 Å². The van der Waals surface area contributed by atoms with Gasteiger partial charge in [0.15, 0.2) is 0 Å². The summed E-state index contributed by atoms with van der Waals surface area (Å²) in [6, 6.07) is 5.10. The van der Waals surface area contributed by atoms with Gasteiger partial charge in [0.1, 0.15) is 6.04 Å². The van der Waals surface area contributed by atoms with E-state index in [1.54, 1.807) is 45.3 Å². The van der Waals surface area contributed by atoms with E-state index in [1.165, 1.54) is 17.0 Å². The molecular formula is C16H20N2O4. The second-order valence-electron chi connectivity index (χ2n) is 4.95. The Bertz CT molecular complexity index is 576. The highest BCUT2D eigenvalue weighted by molar-refractivity contribution is 5.98. The van der Waals surface area contributed by atoms with Crippen molar-refractivity contribution in [3.05, 3.63) is 47.5 Å². The predicted octanol–water partition coefficient (Wildman–Crippen LogP) is 1.54. The summed E-state index contributed by atoms with van der Waals surface area (Å²) in [7, 11) is 3.28. The van der Waals surface area contributed by atoms with Crippen molar-refractivity contribution in [2.45, 2.75) is 19.4 Å². The third-order valence-corrected chi connectivity index (χ3v) is 3.01. The first-order chi connectivity index (χ1) is 10.4. The number of carbonyl (C=O) groups excluding carboxylic acids is 2. The van der Waals surface area contributed by atoms with E-state index in [0.717, 1.165) is 0 Å². The second kappa shape index (κ2) is 7.97. The number of aliphatic carboxylic acids is 1. The maximum atomic E-state index is 12.0. The molecule has 118 valence electrons. The highest BCUT2D eigenvalue weighted by atomic mass is 16.4. The van der Waals surface area contributed by atoms with E-state index in [-0.39, 0.29) is 12.3 Å². The van der Waals surface area contributed by atoms with Crippen LogP contribution in [0.15, 0.2) is 36.4 Å². The molecule has 1 aromatic carbocycles. The Kier molecular flexibility index (Phi) is 6.31. The van der Waals surface area contributed by atoms with Crippen LogP contribution in [0.2, 0.25) is 0 Å². The van der Waals surface area contributed by atoms with Crippen molar-refractivity contribution < 1.29 is 19.5 Å². The molecule has 1 aromatic rings. The molecule has 0 radical (unpaired) electrons. The highest BCUT2D eigenvalue weighted by Crippen LogP contribution is 2.07. The number of carbonyl (C=O) groups is 3. The van der Waals surface area contributed by atoms with E-state index in [0.29, 0.717) is 11.1 Å². The number of allylic oxidation sites excluding steroid dienone is 1. The fourth-order valence-electron chi connectivity index (χ4n) is 1.76. The Morgan fingerprint density at radius 2 is 1.73 bits per heavy atom. The minimum absolute atomic E-state index is 0.163. The Labute approximate surface area is 129 Å². The molecule has 0 saturated heterocycles. The second-order valence-corrected chi connectivity index (χ2v) is 4.95. The van der Waals surface area contributed by atoms with Gasteiger partial charge in [-0.3, -0.25) is 9.59 Å². The van der Waals surface area contributed by atoms with Crippen molar-refractivity contribution in [3.8, 4) is 0 Å². The van der Waals surface area contributed by atoms with Crippen LogP contribution in [0.5, 0.6) is 0 Å². The minimum atomic E-state index is -1.09. The van der Waals surface area contributed by atoms with Gasteiger partial charge in [0, 0.05) is 25.2 Å². The van der Waals surface area contributed by atoms with Crippen LogP contribution in [0.3, 0.4) is 0 Å². The average Bonchev–Trinajstić information content (AvgIpc) is 2.50. The van der Waals surface area contributed by atoms with Crippen LogP contribution in [-0.4, -0.2) is 47.9 Å². The van der Waals surface area contributed by atoms with Gasteiger partial charge in [-0.2, -0.15) is 0 Å². The smallest absolute Gasteiger partial charge is 0.326 e. The van der Waals surface area contributed by atoms with Crippen LogP contribution < -0.4 is 5.32 Å². The van der Waals surface area contributed by atoms with Gasteiger partial charge in [0.2, 0.25) is 0 Å². The summed E-state index contributed by atoms with van der Waals surface area (Å²) in [5.41, 5.74) is 0.771. The van der Waals surface area contributed by atoms with Crippen LogP contribution in [0.4, 0.5) is 0 Å². The van der Waals surface area contributed by atoms with Crippen LogP contribution in [0, 0.1) is 0 Å². The average molecular weight is 304 g/mol. The SMILES string of the molecule is C/C=C/CC(NC(=O)c1ccc(C(=O)N(C)C)cc1)C(=O)O. The first-order valence-electron chi connectivity index (χ1n) is 6.83. The normalized spacial score (nSPS) is 12.0. The summed E-state index contributed by atoms with van der Waals surface area (Å²) in [6.45, 7) is 1.78. The third-order valence-electron chi connectivity index (χ3n) is 3.01. The van der Waals surface area contributed by atoms with E-state index in [4.69, 9.17) is 5.11 Å². The number of rotatable bonds is 6. The third kappa shape index (κ3) is 4.73. The van der Waals surface area contributed by atoms with Crippen LogP contribution in [-0.2, 0) is 4.79 Å². The lowest BCUT2D eigenvalue weighted by molar-refractivity contribution is -0.139. The van der Waals surface area contributed by atoms with Gasteiger partial charge in [0.25, 0.3) is 11.8 Å². The summed E-state index contributed by atoms with van der Waals surface area (Å²) in [5.74, 6) is -1.74. The molecule has 2 amide bonds. The number of carboxylic acid groups (broad SMARTS) is 1. The lowest BCUT2D eigenvalue weighted by Crippen LogP contribution is -2.40. The van der Waals surface area contributed by atoms with Gasteiger partial charge in [-0.05, 0) is 37.6 Å². The fraction of sp³-hybridized carbons (Fsp3) is 0.312. The lowest BCUT2D eigenvalue weighted by Gasteiger charge is -2.13. The maximum Gasteiger partial charge on any atom is 0.326 e. The molecule has 2 N–H and O–H groups in total. The lowest BCUT2D eigenvalue weighted by atomic mass is 10.1. The molecule has 0 saturated carbocycles. The first-order valence-corrected chi connectivity index (χ1v) is 6.83. The predicted molar refractivity (Wildman–Crippen MR) is 82.8 cm³/mol. The molecule has 0 aliphatic heterocycles. The molecule has 0 fully saturated rings. The zero-order valence-electron chi connectivity index (χ0n) is 12.9. The zero-order valence-corrected chi connectivity index (χ0v) is 12.9. The summed E-state index contributed by atoms with van der Waals surface area (Å²) < 4.78 is 0. The fourth-order valence-corrected chi connectivity index (χ4v) is 1.76. The van der Waals surface area contributed by atoms with Crippen molar-refractivity contribution in [2.75, 3.05) is 14.1 Å². The number of nitrogens with one attached hydrogen (secondary N) is 1. The topological polar surface area (TPSA) is 86.7 Å². The van der Waals surface area contributed by atoms with Crippen molar-refractivity contribution >= 4 is 17.8 Å². The molecular weight excluding hydrogens is 284 g/mol. The molecule has 0 aromatic heterocycles. The van der Waals surface area contributed by atoms with E-state index >= 15 is 0 Å². The van der Waals surface area contributed by atoms with E-state index < -0.39 is 17.9 Å². The first kappa shape index (κ1) is 17.4. The van der Waals surface area contributed by atoms with E-state index in [1.807, 2.05) is 0 Å². The van der Waals surface area contributed by atoms with Crippen molar-refractivity contribution in [1.29, 1.82) is 0 Å². The molecule has 0 aliphatic carbocycles. The van der Waals surface area contributed by atoms with Gasteiger partial charge < -0.3 is 15.3 Å². The van der Waals surface area contributed by atoms with Gasteiger partial charge in [-0.25, -0.2) is 4.79 Å². The highest BCUT2D eigenvalue weighted by Gasteiger charge is 2.19. The molecule has 0 heterocycles. The number of carboxylic acids is 1. The summed E-state index contributed by atoms with van der Waals surface area (Å²) >= 11 is 0. The number of nitrogens with zero attached hydrogens (tertiary/aromatic N) is 1. The molecule has 22 heavy (non-hydrogen) atoms. The summed E-state index contributed by atoms with van der Waals surface area (Å²) in [4.78, 5) is 36.3. The van der Waals surface area contributed by atoms with Crippen LogP contribution in [0.1, 0.15) is 34.1 Å². The summed E-state index contributed by atoms with van der Waals surface area (Å²) in [5, 5.41) is 11.5. The molecule has 0 aliphatic rings. The number of benzene rings is 1. The molecule has 0 bridgehead atoms. The number of hydrogen-bond donors (Lipinski definition) is 2. The van der Waals surface area contributed by atoms with Crippen molar-refractivity contribution in [2.24, 2.45) is 0 Å². The Hall–Kier alpha value is -2.63. The van der Waals surface area contributed by atoms with Crippen LogP contribution in [0.25, 0.3) is 0 Å². The van der Waals surface area contributed by atoms with Gasteiger partial charge in [-0.1, -0.05) is 12.2 Å². The Balaban J connectivity index is 2.80. The zero-order chi connectivity index (χ0) is 16.7. The van der Waals surface area contributed by atoms with Gasteiger partial charge in [-0.15, -0.1) is 0 Å². The largest absolute Gasteiger partial charge is 0.480 e. The Morgan fingerprint density at radius 3 is 2.18 bits per heavy atom. The minimum Gasteiger partial charge on any atom is -0.480 e. The monoisotopic (exact) mass is 304 g/mol. The quantitative estimate of drug-likeness (QED) is 0.780. The van der Waals surface area contributed by atoms with Gasteiger partial charge >= 0.3 is 5.97 Å². The van der Waals surface area contributed by atoms with Crippen LogP contribution >= 0.6 is 0 Å². The molecule has 6 heteroatoms. The Morgan fingerprint density at radius 1 is 1.18 bits per heavy atom. The molecule has 6 nitrogen and oxygen atoms in total. The number of amides is 2. The number of hydrogen-bond acceptors (Lipinski definition) is 3. The molecule has 1 rings (SSSR count). The van der Waals surface area contributed by atoms with E-state index in [9.17, 15) is 14.4 Å². The van der Waals surface area contributed by atoms with Crippen molar-refractivity contribution in [1.82, 2.24) is 10.2 Å². The molecule has 1 unspecified atom stereocenters. The van der Waals surface area contributed by atoms with Crippen molar-refractivity contribution in [3.63, 3.8) is 0 Å². The summed E-state index contributed by atoms with van der Waals surface area (Å²) in [6.07, 6.45) is 3.62. The molecule has 0 spiro atoms. The van der Waals surface area contributed by atoms with E-state index in [2.05, 4.69) is 5.32 Å².